The fourth-order valence-corrected chi connectivity index (χ4v) is 7.47. The number of rotatable bonds is 25. The summed E-state index contributed by atoms with van der Waals surface area (Å²) in [7, 11) is -8.20. The maximum absolute atomic E-state index is 13.3. The van der Waals surface area contributed by atoms with Gasteiger partial charge in [0.05, 0.1) is 18.4 Å². The first kappa shape index (κ1) is 37.9. The lowest BCUT2D eigenvalue weighted by Gasteiger charge is -2.14. The summed E-state index contributed by atoms with van der Waals surface area (Å²) in [6, 6.07) is 0. The van der Waals surface area contributed by atoms with Crippen LogP contribution in [-0.4, -0.2) is 44.7 Å². The maximum Gasteiger partial charge on any atom is 0.438 e. The molecule has 0 aliphatic heterocycles. The molecule has 0 saturated carbocycles. The van der Waals surface area contributed by atoms with Crippen molar-refractivity contribution in [2.24, 2.45) is 0 Å². The second kappa shape index (κ2) is 20.0. The quantitative estimate of drug-likeness (QED) is 0.0969. The molecule has 14 heteroatoms. The third-order valence-electron chi connectivity index (χ3n) is 7.95. The van der Waals surface area contributed by atoms with Crippen LogP contribution in [0, 0.1) is 0 Å². The van der Waals surface area contributed by atoms with Crippen molar-refractivity contribution in [1.82, 2.24) is 17.9 Å². The lowest BCUT2D eigenvalue weighted by Crippen LogP contribution is -2.41. The third kappa shape index (κ3) is 11.6. The third-order valence-corrected chi connectivity index (χ3v) is 10.3. The van der Waals surface area contributed by atoms with Crippen LogP contribution in [0.25, 0.3) is 11.2 Å². The zero-order chi connectivity index (χ0) is 32.5. The Morgan fingerprint density at radius 2 is 1.23 bits per heavy atom. The first-order valence-corrected chi connectivity index (χ1v) is 19.3. The van der Waals surface area contributed by atoms with Crippen LogP contribution in [-0.2, 0) is 30.4 Å². The molecule has 252 valence electrons. The van der Waals surface area contributed by atoms with Gasteiger partial charge < -0.3 is 4.74 Å². The van der Waals surface area contributed by atoms with E-state index in [0.29, 0.717) is 13.0 Å². The van der Waals surface area contributed by atoms with Crippen LogP contribution in [0.15, 0.2) is 14.4 Å². The van der Waals surface area contributed by atoms with Gasteiger partial charge in [0, 0.05) is 6.61 Å². The van der Waals surface area contributed by atoms with Crippen molar-refractivity contribution in [3.63, 3.8) is 0 Å². The average molecular weight is 661 g/mol. The molecule has 0 aliphatic carbocycles. The minimum atomic E-state index is -4.40. The number of ether oxygens (including phenoxy) is 1. The predicted molar refractivity (Wildman–Crippen MR) is 174 cm³/mol. The molecule has 0 aliphatic rings. The highest BCUT2D eigenvalue weighted by Gasteiger charge is 2.28. The summed E-state index contributed by atoms with van der Waals surface area (Å²) in [6.45, 7) is 6.38. The topological polar surface area (TPSA) is 159 Å². The van der Waals surface area contributed by atoms with Gasteiger partial charge in [-0.1, -0.05) is 117 Å². The fourth-order valence-electron chi connectivity index (χ4n) is 5.46. The zero-order valence-electron chi connectivity index (χ0n) is 26.9. The first-order valence-electron chi connectivity index (χ1n) is 16.6. The number of H-pyrrole nitrogens is 1. The second-order valence-electron chi connectivity index (χ2n) is 11.8. The Labute approximate surface area is 261 Å². The van der Waals surface area contributed by atoms with Gasteiger partial charge in [-0.2, -0.15) is 3.97 Å². The van der Waals surface area contributed by atoms with Crippen molar-refractivity contribution in [3.8, 4) is 0 Å². The highest BCUT2D eigenvalue weighted by atomic mass is 32.2. The van der Waals surface area contributed by atoms with Gasteiger partial charge in [0.2, 0.25) is 10.0 Å². The van der Waals surface area contributed by atoms with Crippen molar-refractivity contribution >= 4 is 29.0 Å². The van der Waals surface area contributed by atoms with Crippen LogP contribution in [0.1, 0.15) is 136 Å². The Kier molecular flexibility index (Phi) is 17.2. The van der Waals surface area contributed by atoms with Gasteiger partial charge in [0.25, 0.3) is 5.56 Å². The molecule has 2 heterocycles. The van der Waals surface area contributed by atoms with E-state index in [1.807, 2.05) is 0 Å². The normalized spacial score (nSPS) is 12.7. The highest BCUT2D eigenvalue weighted by Crippen LogP contribution is 2.15. The van der Waals surface area contributed by atoms with Gasteiger partial charge in [0.1, 0.15) is 0 Å². The van der Waals surface area contributed by atoms with E-state index < -0.39 is 57.8 Å². The van der Waals surface area contributed by atoms with E-state index in [9.17, 15) is 31.9 Å². The number of aromatic amines is 1. The van der Waals surface area contributed by atoms with E-state index in [2.05, 4.69) is 18.8 Å². The Balaban J connectivity index is 2.11. The second-order valence-corrected chi connectivity index (χ2v) is 14.6. The van der Waals surface area contributed by atoms with Crippen LogP contribution in [0.3, 0.4) is 0 Å². The van der Waals surface area contributed by atoms with Gasteiger partial charge >= 0.3 is 19.2 Å². The summed E-state index contributed by atoms with van der Waals surface area (Å²) < 4.78 is 57.4. The van der Waals surface area contributed by atoms with Crippen molar-refractivity contribution < 1.29 is 22.3 Å². The van der Waals surface area contributed by atoms with E-state index in [-0.39, 0.29) is 21.3 Å². The smallest absolute Gasteiger partial charge is 0.377 e. The SMILES string of the molecule is CCCCCCCCCCCOC(C)Cn1c(=O)[nH]c2c1c(=O)n(P(=O)=O)c(=O)n2S(=O)(=O)CCCCCCCCCCC. The monoisotopic (exact) mass is 660 g/mol. The zero-order valence-corrected chi connectivity index (χ0v) is 28.6. The molecule has 2 rings (SSSR count). The van der Waals surface area contributed by atoms with Gasteiger partial charge in [-0.3, -0.25) is 14.3 Å². The molecule has 0 aromatic carbocycles. The number of aromatic nitrogens is 4. The number of fused-ring (bicyclic) bond motifs is 1. The highest BCUT2D eigenvalue weighted by molar-refractivity contribution is 7.90. The molecule has 0 radical (unpaired) electrons. The minimum Gasteiger partial charge on any atom is -0.377 e. The molecule has 0 amide bonds. The van der Waals surface area contributed by atoms with Crippen LogP contribution >= 0.6 is 7.83 Å². The summed E-state index contributed by atoms with van der Waals surface area (Å²) in [5, 5.41) is 0. The molecular weight excluding hydrogens is 607 g/mol. The van der Waals surface area contributed by atoms with Gasteiger partial charge in [-0.05, 0) is 19.8 Å². The van der Waals surface area contributed by atoms with Crippen LogP contribution < -0.4 is 16.9 Å². The molecule has 44 heavy (non-hydrogen) atoms. The molecule has 12 nitrogen and oxygen atoms in total. The molecular formula is C30H53N4O8PS. The Morgan fingerprint density at radius 3 is 1.73 bits per heavy atom. The lowest BCUT2D eigenvalue weighted by molar-refractivity contribution is 0.0518. The maximum atomic E-state index is 13.3. The number of hydrogen-bond donors (Lipinski definition) is 1. The van der Waals surface area contributed by atoms with Crippen molar-refractivity contribution in [2.45, 2.75) is 149 Å². The largest absolute Gasteiger partial charge is 0.438 e. The average Bonchev–Trinajstić information content (AvgIpc) is 3.27. The van der Waals surface area contributed by atoms with Crippen molar-refractivity contribution in [2.75, 3.05) is 12.4 Å². The fraction of sp³-hybridized carbons (Fsp3) is 0.833. The van der Waals surface area contributed by atoms with Crippen molar-refractivity contribution in [1.29, 1.82) is 0 Å². The summed E-state index contributed by atoms with van der Waals surface area (Å²) in [6.07, 6.45) is 18.3. The van der Waals surface area contributed by atoms with E-state index in [1.54, 1.807) is 6.92 Å². The Morgan fingerprint density at radius 1 is 0.750 bits per heavy atom. The summed E-state index contributed by atoms with van der Waals surface area (Å²) in [4.78, 5) is 41.4. The van der Waals surface area contributed by atoms with E-state index in [0.717, 1.165) is 49.5 Å². The molecule has 1 unspecified atom stereocenters. The summed E-state index contributed by atoms with van der Waals surface area (Å²) in [5.74, 6) is -0.433. The number of nitrogens with one attached hydrogen (secondary N) is 1. The van der Waals surface area contributed by atoms with Crippen LogP contribution in [0.2, 0.25) is 0 Å². The molecule has 0 fully saturated rings. The number of hydrogen-bond acceptors (Lipinski definition) is 8. The molecule has 0 spiro atoms. The minimum absolute atomic E-state index is 0.122. The first-order chi connectivity index (χ1) is 21.1. The summed E-state index contributed by atoms with van der Waals surface area (Å²) >= 11 is 0. The number of imidazole rings is 1. The standard InChI is InChI=1S/C30H53N4O8PS/c1-4-6-8-10-12-14-16-18-20-22-42-25(3)24-32-26-27(31-29(32)36)34(30(37)33(28(26)35)43(38)39)44(40,41)23-21-19-17-15-13-11-9-7-5-2/h25H,4-24H2,1-3H3,(H,31,36). The predicted octanol–water partition coefficient (Wildman–Crippen LogP) is 6.23. The van der Waals surface area contributed by atoms with Crippen LogP contribution in [0.5, 0.6) is 0 Å². The molecule has 1 atom stereocenters. The Hall–Kier alpha value is -2.24. The number of nitrogens with zero attached hydrogens (tertiary/aromatic N) is 3. The molecule has 2 aromatic rings. The Bertz CT molecular complexity index is 1500. The molecule has 0 saturated heterocycles. The molecule has 2 aromatic heterocycles. The number of unbranched alkanes of at least 4 members (excludes halogenated alkanes) is 16. The summed E-state index contributed by atoms with van der Waals surface area (Å²) in [5.41, 5.74) is -4.68. The van der Waals surface area contributed by atoms with E-state index in [4.69, 9.17) is 4.74 Å². The van der Waals surface area contributed by atoms with E-state index in [1.165, 1.54) is 57.8 Å². The van der Waals surface area contributed by atoms with Crippen molar-refractivity contribution in [3.05, 3.63) is 31.3 Å². The van der Waals surface area contributed by atoms with E-state index >= 15 is 0 Å². The van der Waals surface area contributed by atoms with Gasteiger partial charge in [-0.25, -0.2) is 27.1 Å². The van der Waals surface area contributed by atoms with Gasteiger partial charge in [0.15, 0.2) is 11.2 Å². The van der Waals surface area contributed by atoms with Gasteiger partial charge in [-0.15, -0.1) is 4.34 Å². The molecule has 0 bridgehead atoms. The molecule has 1 N–H and O–H groups in total. The lowest BCUT2D eigenvalue weighted by atomic mass is 10.1. The van der Waals surface area contributed by atoms with Crippen LogP contribution in [0.4, 0.5) is 0 Å².